The number of carbonyl (C=O) groups excluding carboxylic acids is 1. The Labute approximate surface area is 77.8 Å². The Balaban J connectivity index is 3.17. The van der Waals surface area contributed by atoms with E-state index in [4.69, 9.17) is 0 Å². The molecule has 0 N–H and O–H groups in total. The van der Waals surface area contributed by atoms with Gasteiger partial charge in [-0.3, -0.25) is 0 Å². The van der Waals surface area contributed by atoms with Gasteiger partial charge in [-0.05, 0) is 15.9 Å². The maximum Gasteiger partial charge on any atom is 0.128 e. The number of carbonyl (C=O) groups is 1. The molecule has 0 amide bonds. The summed E-state index contributed by atoms with van der Waals surface area (Å²) in [7, 11) is 0. The highest BCUT2D eigenvalue weighted by Crippen LogP contribution is 2.12. The third kappa shape index (κ3) is 1.79. The zero-order chi connectivity index (χ0) is 9.14. The van der Waals surface area contributed by atoms with Gasteiger partial charge in [0.1, 0.15) is 11.5 Å². The second-order valence-electron chi connectivity index (χ2n) is 2.12. The maximum atomic E-state index is 10.5. The number of carboxylic acids is 1. The van der Waals surface area contributed by atoms with Crippen LogP contribution in [0.4, 0.5) is 0 Å². The largest absolute Gasteiger partial charge is 0.543 e. The van der Waals surface area contributed by atoms with Crippen molar-refractivity contribution in [3.05, 3.63) is 22.2 Å². The SMILES string of the molecule is CCc1ncc(Br)c(C(=O)[O-])n1. The molecule has 0 saturated carbocycles. The van der Waals surface area contributed by atoms with E-state index >= 15 is 0 Å². The van der Waals surface area contributed by atoms with Crippen molar-refractivity contribution in [1.29, 1.82) is 0 Å². The quantitative estimate of drug-likeness (QED) is 0.726. The lowest BCUT2D eigenvalue weighted by atomic mass is 10.4. The van der Waals surface area contributed by atoms with Crippen molar-refractivity contribution >= 4 is 21.9 Å². The predicted octanol–water partition coefficient (Wildman–Crippen LogP) is 0.165. The summed E-state index contributed by atoms with van der Waals surface area (Å²) in [4.78, 5) is 18.1. The van der Waals surface area contributed by atoms with Gasteiger partial charge in [0, 0.05) is 12.6 Å². The Morgan fingerprint density at radius 2 is 2.42 bits per heavy atom. The van der Waals surface area contributed by atoms with E-state index in [1.807, 2.05) is 6.92 Å². The monoisotopic (exact) mass is 229 g/mol. The van der Waals surface area contributed by atoms with Gasteiger partial charge in [0.15, 0.2) is 0 Å². The van der Waals surface area contributed by atoms with Gasteiger partial charge in [-0.1, -0.05) is 6.92 Å². The molecule has 64 valence electrons. The van der Waals surface area contributed by atoms with E-state index in [-0.39, 0.29) is 5.69 Å². The molecule has 1 rings (SSSR count). The summed E-state index contributed by atoms with van der Waals surface area (Å²) in [5.41, 5.74) is -0.0955. The highest BCUT2D eigenvalue weighted by Gasteiger charge is 2.03. The predicted molar refractivity (Wildman–Crippen MR) is 43.4 cm³/mol. The smallest absolute Gasteiger partial charge is 0.128 e. The minimum atomic E-state index is -1.29. The lowest BCUT2D eigenvalue weighted by Crippen LogP contribution is -2.24. The summed E-state index contributed by atoms with van der Waals surface area (Å²) >= 11 is 3.01. The van der Waals surface area contributed by atoms with Crippen LogP contribution in [-0.4, -0.2) is 15.9 Å². The normalized spacial score (nSPS) is 9.83. The number of halogens is 1. The van der Waals surface area contributed by atoms with Gasteiger partial charge in [0.2, 0.25) is 0 Å². The fourth-order valence-corrected chi connectivity index (χ4v) is 1.07. The molecule has 0 aliphatic rings. The molecule has 4 nitrogen and oxygen atoms in total. The van der Waals surface area contributed by atoms with Crippen molar-refractivity contribution < 1.29 is 9.90 Å². The van der Waals surface area contributed by atoms with Crippen LogP contribution < -0.4 is 5.11 Å². The molecule has 1 heterocycles. The molecule has 0 radical (unpaired) electrons. The van der Waals surface area contributed by atoms with Crippen LogP contribution in [0.3, 0.4) is 0 Å². The van der Waals surface area contributed by atoms with Crippen LogP contribution in [0.5, 0.6) is 0 Å². The van der Waals surface area contributed by atoms with Gasteiger partial charge < -0.3 is 9.90 Å². The molecular formula is C7H6BrN2O2-. The molecule has 0 aliphatic heterocycles. The minimum absolute atomic E-state index is 0.0955. The molecule has 1 aromatic heterocycles. The average Bonchev–Trinajstić information content (AvgIpc) is 2.05. The maximum absolute atomic E-state index is 10.5. The van der Waals surface area contributed by atoms with E-state index in [1.165, 1.54) is 6.20 Å². The first-order valence-corrected chi connectivity index (χ1v) is 4.17. The molecule has 0 fully saturated rings. The van der Waals surface area contributed by atoms with E-state index in [2.05, 4.69) is 25.9 Å². The van der Waals surface area contributed by atoms with Crippen molar-refractivity contribution in [2.45, 2.75) is 13.3 Å². The van der Waals surface area contributed by atoms with Gasteiger partial charge in [0.05, 0.1) is 10.4 Å². The first kappa shape index (κ1) is 9.12. The highest BCUT2D eigenvalue weighted by atomic mass is 79.9. The van der Waals surface area contributed by atoms with Crippen LogP contribution in [0.2, 0.25) is 0 Å². The zero-order valence-electron chi connectivity index (χ0n) is 6.37. The van der Waals surface area contributed by atoms with E-state index in [0.29, 0.717) is 16.7 Å². The van der Waals surface area contributed by atoms with E-state index in [1.54, 1.807) is 0 Å². The van der Waals surface area contributed by atoms with Crippen LogP contribution in [0.1, 0.15) is 23.2 Å². The fourth-order valence-electron chi connectivity index (χ4n) is 0.717. The van der Waals surface area contributed by atoms with Gasteiger partial charge in [-0.15, -0.1) is 0 Å². The summed E-state index contributed by atoms with van der Waals surface area (Å²) < 4.78 is 0.347. The first-order chi connectivity index (χ1) is 5.65. The van der Waals surface area contributed by atoms with Crippen molar-refractivity contribution in [2.24, 2.45) is 0 Å². The number of aromatic nitrogens is 2. The molecule has 0 atom stereocenters. The molecule has 0 saturated heterocycles. The number of aryl methyl sites for hydroxylation is 1. The van der Waals surface area contributed by atoms with Crippen molar-refractivity contribution in [3.63, 3.8) is 0 Å². The van der Waals surface area contributed by atoms with Crippen LogP contribution in [0.25, 0.3) is 0 Å². The molecule has 0 aliphatic carbocycles. The standard InChI is InChI=1S/C7H7BrN2O2/c1-2-5-9-3-4(8)6(10-5)7(11)12/h3H,2H2,1H3,(H,11,12)/p-1. The molecular weight excluding hydrogens is 224 g/mol. The van der Waals surface area contributed by atoms with E-state index in [9.17, 15) is 9.90 Å². The number of hydrogen-bond acceptors (Lipinski definition) is 4. The van der Waals surface area contributed by atoms with Gasteiger partial charge in [-0.2, -0.15) is 0 Å². The third-order valence-corrected chi connectivity index (χ3v) is 1.88. The van der Waals surface area contributed by atoms with Crippen LogP contribution in [0.15, 0.2) is 10.7 Å². The molecule has 1 aromatic rings. The van der Waals surface area contributed by atoms with Crippen molar-refractivity contribution in [1.82, 2.24) is 9.97 Å². The van der Waals surface area contributed by atoms with Gasteiger partial charge in [-0.25, -0.2) is 9.97 Å². The van der Waals surface area contributed by atoms with Crippen LogP contribution in [-0.2, 0) is 6.42 Å². The number of aromatic carboxylic acids is 1. The lowest BCUT2D eigenvalue weighted by Gasteiger charge is -2.04. The second kappa shape index (κ2) is 3.62. The second-order valence-corrected chi connectivity index (χ2v) is 2.98. The highest BCUT2D eigenvalue weighted by molar-refractivity contribution is 9.10. The number of hydrogen-bond donors (Lipinski definition) is 0. The number of carboxylic acid groups (broad SMARTS) is 1. The molecule has 12 heavy (non-hydrogen) atoms. The Kier molecular flexibility index (Phi) is 2.75. The van der Waals surface area contributed by atoms with Crippen LogP contribution in [0, 0.1) is 0 Å². The number of nitrogens with zero attached hydrogens (tertiary/aromatic N) is 2. The van der Waals surface area contributed by atoms with Crippen LogP contribution >= 0.6 is 15.9 Å². The Hall–Kier alpha value is -0.970. The fraction of sp³-hybridized carbons (Fsp3) is 0.286. The molecule has 0 aromatic carbocycles. The molecule has 0 bridgehead atoms. The lowest BCUT2D eigenvalue weighted by molar-refractivity contribution is -0.255. The Bertz CT molecular complexity index is 314. The third-order valence-electron chi connectivity index (χ3n) is 1.30. The van der Waals surface area contributed by atoms with Gasteiger partial charge >= 0.3 is 0 Å². The van der Waals surface area contributed by atoms with Crippen molar-refractivity contribution in [3.8, 4) is 0 Å². The molecule has 0 unspecified atom stereocenters. The summed E-state index contributed by atoms with van der Waals surface area (Å²) in [5, 5.41) is 10.5. The molecule has 0 spiro atoms. The van der Waals surface area contributed by atoms with E-state index in [0.717, 1.165) is 0 Å². The zero-order valence-corrected chi connectivity index (χ0v) is 7.96. The van der Waals surface area contributed by atoms with Gasteiger partial charge in [0.25, 0.3) is 0 Å². The topological polar surface area (TPSA) is 65.9 Å². The van der Waals surface area contributed by atoms with E-state index < -0.39 is 5.97 Å². The average molecular weight is 230 g/mol. The Morgan fingerprint density at radius 1 is 1.75 bits per heavy atom. The molecule has 5 heteroatoms. The van der Waals surface area contributed by atoms with Crippen molar-refractivity contribution in [2.75, 3.05) is 0 Å². The summed E-state index contributed by atoms with van der Waals surface area (Å²) in [6, 6.07) is 0. The summed E-state index contributed by atoms with van der Waals surface area (Å²) in [6.07, 6.45) is 2.02. The minimum Gasteiger partial charge on any atom is -0.543 e. The summed E-state index contributed by atoms with van der Waals surface area (Å²) in [6.45, 7) is 1.85. The number of rotatable bonds is 2. The summed E-state index contributed by atoms with van der Waals surface area (Å²) in [5.74, 6) is -0.795. The first-order valence-electron chi connectivity index (χ1n) is 3.38. The Morgan fingerprint density at radius 3 is 2.92 bits per heavy atom.